The summed E-state index contributed by atoms with van der Waals surface area (Å²) in [5.41, 5.74) is 3.42. The average molecular weight is 357 g/mol. The van der Waals surface area contributed by atoms with E-state index in [0.29, 0.717) is 31.2 Å². The Bertz CT molecular complexity index is 732. The standard InChI is InChI=1S/C20H27N3O3/c1-21-20(23-13-16-7-5-6-8-17(16)14-24-2)22-12-15-9-10-18(25-3)19(11-15)26-4/h5-11H,12-14H2,1-4H3,(H2,21,22,23). The zero-order valence-corrected chi connectivity index (χ0v) is 15.8. The number of hydrogen-bond donors (Lipinski definition) is 2. The number of hydrogen-bond acceptors (Lipinski definition) is 4. The normalized spacial score (nSPS) is 11.2. The van der Waals surface area contributed by atoms with Gasteiger partial charge in [0.15, 0.2) is 17.5 Å². The molecular formula is C20H27N3O3. The second-order valence-corrected chi connectivity index (χ2v) is 5.67. The number of methoxy groups -OCH3 is 3. The van der Waals surface area contributed by atoms with Crippen LogP contribution in [-0.4, -0.2) is 34.3 Å². The van der Waals surface area contributed by atoms with Crippen LogP contribution >= 0.6 is 0 Å². The molecule has 140 valence electrons. The fourth-order valence-electron chi connectivity index (χ4n) is 2.60. The van der Waals surface area contributed by atoms with Crippen molar-refractivity contribution in [2.24, 2.45) is 4.99 Å². The minimum absolute atomic E-state index is 0.593. The van der Waals surface area contributed by atoms with Gasteiger partial charge < -0.3 is 24.8 Å². The third kappa shape index (κ3) is 5.39. The summed E-state index contributed by atoms with van der Waals surface area (Å²) in [6, 6.07) is 14.0. The minimum atomic E-state index is 0.593. The van der Waals surface area contributed by atoms with E-state index in [1.807, 2.05) is 30.3 Å². The topological polar surface area (TPSA) is 64.1 Å². The zero-order chi connectivity index (χ0) is 18.8. The fourth-order valence-corrected chi connectivity index (χ4v) is 2.60. The van der Waals surface area contributed by atoms with E-state index < -0.39 is 0 Å². The molecule has 2 rings (SSSR count). The lowest BCUT2D eigenvalue weighted by Gasteiger charge is -2.15. The Kier molecular flexibility index (Phi) is 7.76. The lowest BCUT2D eigenvalue weighted by Crippen LogP contribution is -2.36. The first-order chi connectivity index (χ1) is 12.7. The summed E-state index contributed by atoms with van der Waals surface area (Å²) in [5.74, 6) is 2.16. The lowest BCUT2D eigenvalue weighted by molar-refractivity contribution is 0.184. The molecule has 0 aliphatic rings. The molecule has 26 heavy (non-hydrogen) atoms. The van der Waals surface area contributed by atoms with E-state index in [1.54, 1.807) is 28.4 Å². The van der Waals surface area contributed by atoms with Gasteiger partial charge in [0, 0.05) is 27.2 Å². The van der Waals surface area contributed by atoms with Gasteiger partial charge >= 0.3 is 0 Å². The Hall–Kier alpha value is -2.73. The maximum absolute atomic E-state index is 5.34. The third-order valence-corrected chi connectivity index (χ3v) is 4.00. The van der Waals surface area contributed by atoms with Crippen LogP contribution in [0.4, 0.5) is 0 Å². The van der Waals surface area contributed by atoms with Crippen LogP contribution in [0.2, 0.25) is 0 Å². The molecule has 6 nitrogen and oxygen atoms in total. The number of nitrogens with one attached hydrogen (secondary N) is 2. The maximum Gasteiger partial charge on any atom is 0.191 e. The van der Waals surface area contributed by atoms with Gasteiger partial charge in [-0.25, -0.2) is 0 Å². The average Bonchev–Trinajstić information content (AvgIpc) is 2.69. The van der Waals surface area contributed by atoms with Gasteiger partial charge in [0.1, 0.15) is 0 Å². The molecule has 0 saturated carbocycles. The minimum Gasteiger partial charge on any atom is -0.493 e. The summed E-state index contributed by atoms with van der Waals surface area (Å²) in [4.78, 5) is 4.28. The molecule has 0 bridgehead atoms. The monoisotopic (exact) mass is 357 g/mol. The summed E-state index contributed by atoms with van der Waals surface area (Å²) in [7, 11) is 6.72. The number of benzene rings is 2. The van der Waals surface area contributed by atoms with Crippen molar-refractivity contribution in [2.45, 2.75) is 19.7 Å². The predicted octanol–water partition coefficient (Wildman–Crippen LogP) is 2.72. The lowest BCUT2D eigenvalue weighted by atomic mass is 10.1. The van der Waals surface area contributed by atoms with Crippen molar-refractivity contribution in [1.29, 1.82) is 0 Å². The molecule has 2 aromatic carbocycles. The number of rotatable bonds is 8. The number of aliphatic imine (C=N–C) groups is 1. The molecule has 0 aliphatic carbocycles. The number of nitrogens with zero attached hydrogens (tertiary/aromatic N) is 1. The van der Waals surface area contributed by atoms with Crippen LogP contribution in [0, 0.1) is 0 Å². The van der Waals surface area contributed by atoms with E-state index >= 15 is 0 Å². The van der Waals surface area contributed by atoms with Crippen molar-refractivity contribution >= 4 is 5.96 Å². The van der Waals surface area contributed by atoms with Crippen molar-refractivity contribution in [1.82, 2.24) is 10.6 Å². The van der Waals surface area contributed by atoms with Crippen LogP contribution < -0.4 is 20.1 Å². The van der Waals surface area contributed by atoms with Gasteiger partial charge in [0.2, 0.25) is 0 Å². The quantitative estimate of drug-likeness (QED) is 0.562. The first-order valence-corrected chi connectivity index (χ1v) is 8.43. The molecule has 0 atom stereocenters. The van der Waals surface area contributed by atoms with Crippen LogP contribution in [0.5, 0.6) is 11.5 Å². The Labute approximate surface area is 155 Å². The second kappa shape index (κ2) is 10.3. The van der Waals surface area contributed by atoms with E-state index in [4.69, 9.17) is 14.2 Å². The Morgan fingerprint density at radius 3 is 2.23 bits per heavy atom. The molecule has 2 aromatic rings. The molecule has 0 aromatic heterocycles. The number of ether oxygens (including phenoxy) is 3. The molecule has 0 spiro atoms. The van der Waals surface area contributed by atoms with Gasteiger partial charge in [-0.3, -0.25) is 4.99 Å². The van der Waals surface area contributed by atoms with Gasteiger partial charge in [-0.15, -0.1) is 0 Å². The molecule has 0 fully saturated rings. The highest BCUT2D eigenvalue weighted by atomic mass is 16.5. The summed E-state index contributed by atoms with van der Waals surface area (Å²) in [6.45, 7) is 1.89. The van der Waals surface area contributed by atoms with Crippen molar-refractivity contribution in [3.8, 4) is 11.5 Å². The van der Waals surface area contributed by atoms with Gasteiger partial charge in [-0.1, -0.05) is 30.3 Å². The Morgan fingerprint density at radius 1 is 0.885 bits per heavy atom. The van der Waals surface area contributed by atoms with Crippen LogP contribution in [0.1, 0.15) is 16.7 Å². The SMILES string of the molecule is CN=C(NCc1ccc(OC)c(OC)c1)NCc1ccccc1COC. The first kappa shape index (κ1) is 19.6. The summed E-state index contributed by atoms with van der Waals surface area (Å²) < 4.78 is 15.9. The highest BCUT2D eigenvalue weighted by Crippen LogP contribution is 2.27. The van der Waals surface area contributed by atoms with Gasteiger partial charge in [0.05, 0.1) is 20.8 Å². The largest absolute Gasteiger partial charge is 0.493 e. The number of guanidine groups is 1. The summed E-state index contributed by atoms with van der Waals surface area (Å²) >= 11 is 0. The molecule has 0 aliphatic heterocycles. The van der Waals surface area contributed by atoms with E-state index in [-0.39, 0.29) is 0 Å². The Balaban J connectivity index is 1.94. The van der Waals surface area contributed by atoms with Crippen LogP contribution in [0.15, 0.2) is 47.5 Å². The van der Waals surface area contributed by atoms with Crippen LogP contribution in [-0.2, 0) is 24.4 Å². The molecule has 0 amide bonds. The maximum atomic E-state index is 5.34. The van der Waals surface area contributed by atoms with Crippen LogP contribution in [0.3, 0.4) is 0 Å². The second-order valence-electron chi connectivity index (χ2n) is 5.67. The Morgan fingerprint density at radius 2 is 1.58 bits per heavy atom. The van der Waals surface area contributed by atoms with E-state index in [0.717, 1.165) is 17.1 Å². The summed E-state index contributed by atoms with van der Waals surface area (Å²) in [5, 5.41) is 6.64. The summed E-state index contributed by atoms with van der Waals surface area (Å²) in [6.07, 6.45) is 0. The third-order valence-electron chi connectivity index (χ3n) is 4.00. The van der Waals surface area contributed by atoms with E-state index in [1.165, 1.54) is 5.56 Å². The molecule has 0 saturated heterocycles. The molecule has 6 heteroatoms. The van der Waals surface area contributed by atoms with Crippen molar-refractivity contribution in [3.63, 3.8) is 0 Å². The van der Waals surface area contributed by atoms with Gasteiger partial charge in [-0.2, -0.15) is 0 Å². The molecule has 2 N–H and O–H groups in total. The smallest absolute Gasteiger partial charge is 0.191 e. The van der Waals surface area contributed by atoms with Gasteiger partial charge in [0.25, 0.3) is 0 Å². The van der Waals surface area contributed by atoms with E-state index in [2.05, 4.69) is 27.8 Å². The first-order valence-electron chi connectivity index (χ1n) is 8.43. The van der Waals surface area contributed by atoms with Gasteiger partial charge in [-0.05, 0) is 28.8 Å². The highest BCUT2D eigenvalue weighted by molar-refractivity contribution is 5.79. The molecular weight excluding hydrogens is 330 g/mol. The molecule has 0 unspecified atom stereocenters. The fraction of sp³-hybridized carbons (Fsp3) is 0.350. The van der Waals surface area contributed by atoms with Crippen LogP contribution in [0.25, 0.3) is 0 Å². The predicted molar refractivity (Wildman–Crippen MR) is 104 cm³/mol. The van der Waals surface area contributed by atoms with Crippen molar-refractivity contribution in [3.05, 3.63) is 59.2 Å². The molecule has 0 radical (unpaired) electrons. The van der Waals surface area contributed by atoms with E-state index in [9.17, 15) is 0 Å². The zero-order valence-electron chi connectivity index (χ0n) is 15.8. The molecule has 0 heterocycles. The highest BCUT2D eigenvalue weighted by Gasteiger charge is 2.06. The van der Waals surface area contributed by atoms with Crippen molar-refractivity contribution in [2.75, 3.05) is 28.4 Å². The van der Waals surface area contributed by atoms with Crippen molar-refractivity contribution < 1.29 is 14.2 Å².